The topological polar surface area (TPSA) is 90.8 Å². The minimum absolute atomic E-state index is 0.207. The van der Waals surface area contributed by atoms with Gasteiger partial charge in [0.25, 0.3) is 0 Å². The Morgan fingerprint density at radius 2 is 1.88 bits per heavy atom. The fraction of sp³-hybridized carbons (Fsp3) is 0.909. The standard InChI is InChI=1S/C11H22N2O4/c1-11(2,3)17-10(16)13-4-7-8(14)5-12-6-9(7)15/h7-9,12,14-15H,4-6H2,1-3H3,(H,13,16). The molecule has 0 aromatic heterocycles. The lowest BCUT2D eigenvalue weighted by atomic mass is 9.92. The Kier molecular flexibility index (Phi) is 4.73. The van der Waals surface area contributed by atoms with Crippen LogP contribution in [0.4, 0.5) is 4.79 Å². The van der Waals surface area contributed by atoms with Crippen LogP contribution in [0.3, 0.4) is 0 Å². The van der Waals surface area contributed by atoms with Crippen molar-refractivity contribution in [1.82, 2.24) is 10.6 Å². The van der Waals surface area contributed by atoms with Crippen LogP contribution in [-0.4, -0.2) is 53.7 Å². The Bertz CT molecular complexity index is 255. The molecule has 0 radical (unpaired) electrons. The Morgan fingerprint density at radius 1 is 1.35 bits per heavy atom. The number of alkyl carbamates (subject to hydrolysis) is 1. The third-order valence-electron chi connectivity index (χ3n) is 2.58. The van der Waals surface area contributed by atoms with E-state index in [1.165, 1.54) is 0 Å². The predicted molar refractivity (Wildman–Crippen MR) is 62.6 cm³/mol. The Morgan fingerprint density at radius 3 is 2.35 bits per heavy atom. The number of carbonyl (C=O) groups is 1. The molecular weight excluding hydrogens is 224 g/mol. The molecule has 1 aliphatic heterocycles. The van der Waals surface area contributed by atoms with Crippen LogP contribution in [0.5, 0.6) is 0 Å². The summed E-state index contributed by atoms with van der Waals surface area (Å²) >= 11 is 0. The lowest BCUT2D eigenvalue weighted by Crippen LogP contribution is -2.54. The molecule has 1 aliphatic rings. The van der Waals surface area contributed by atoms with Gasteiger partial charge < -0.3 is 25.6 Å². The molecule has 2 unspecified atom stereocenters. The number of hydrogen-bond acceptors (Lipinski definition) is 5. The summed E-state index contributed by atoms with van der Waals surface area (Å²) in [7, 11) is 0. The SMILES string of the molecule is CC(C)(C)OC(=O)NCC1C(O)CNCC1O. The second kappa shape index (κ2) is 5.66. The molecule has 1 saturated heterocycles. The summed E-state index contributed by atoms with van der Waals surface area (Å²) in [5, 5.41) is 24.8. The van der Waals surface area contributed by atoms with Gasteiger partial charge in [-0.2, -0.15) is 0 Å². The normalized spacial score (nSPS) is 29.8. The van der Waals surface area contributed by atoms with Crippen LogP contribution in [-0.2, 0) is 4.74 Å². The molecule has 2 atom stereocenters. The van der Waals surface area contributed by atoms with Crippen LogP contribution in [0.2, 0.25) is 0 Å². The Labute approximate surface area is 101 Å². The molecule has 0 bridgehead atoms. The highest BCUT2D eigenvalue weighted by molar-refractivity contribution is 5.67. The first-order valence-corrected chi connectivity index (χ1v) is 5.83. The van der Waals surface area contributed by atoms with Crippen LogP contribution >= 0.6 is 0 Å². The van der Waals surface area contributed by atoms with Gasteiger partial charge in [0.05, 0.1) is 12.2 Å². The number of β-amino-alcohol motifs (C(OH)–C–C–N with tert-alkyl or cyclic N) is 2. The molecule has 6 heteroatoms. The van der Waals surface area contributed by atoms with Gasteiger partial charge in [0.15, 0.2) is 0 Å². The van der Waals surface area contributed by atoms with Crippen LogP contribution in [0.15, 0.2) is 0 Å². The highest BCUT2D eigenvalue weighted by atomic mass is 16.6. The number of aliphatic hydroxyl groups excluding tert-OH is 2. The van der Waals surface area contributed by atoms with E-state index in [1.807, 2.05) is 0 Å². The highest BCUT2D eigenvalue weighted by Gasteiger charge is 2.31. The number of piperidine rings is 1. The summed E-state index contributed by atoms with van der Waals surface area (Å²) in [6.07, 6.45) is -1.85. The zero-order chi connectivity index (χ0) is 13.1. The fourth-order valence-electron chi connectivity index (χ4n) is 1.73. The monoisotopic (exact) mass is 246 g/mol. The summed E-state index contributed by atoms with van der Waals surface area (Å²) in [4.78, 5) is 11.4. The van der Waals surface area contributed by atoms with E-state index in [0.29, 0.717) is 13.1 Å². The van der Waals surface area contributed by atoms with Crippen molar-refractivity contribution in [2.45, 2.75) is 38.6 Å². The number of aliphatic hydroxyl groups is 2. The second-order valence-corrected chi connectivity index (χ2v) is 5.34. The Hall–Kier alpha value is -0.850. The average Bonchev–Trinajstić information content (AvgIpc) is 2.14. The maximum atomic E-state index is 11.4. The van der Waals surface area contributed by atoms with E-state index in [9.17, 15) is 15.0 Å². The minimum Gasteiger partial charge on any atom is -0.444 e. The number of rotatable bonds is 2. The van der Waals surface area contributed by atoms with Crippen molar-refractivity contribution < 1.29 is 19.7 Å². The van der Waals surface area contributed by atoms with Crippen LogP contribution in [0.1, 0.15) is 20.8 Å². The summed E-state index contributed by atoms with van der Waals surface area (Å²) in [6, 6.07) is 0. The largest absolute Gasteiger partial charge is 0.444 e. The lowest BCUT2D eigenvalue weighted by molar-refractivity contribution is -0.0124. The molecule has 1 fully saturated rings. The Balaban J connectivity index is 2.36. The fourth-order valence-corrected chi connectivity index (χ4v) is 1.73. The van der Waals surface area contributed by atoms with Gasteiger partial charge in [-0.25, -0.2) is 4.79 Å². The van der Waals surface area contributed by atoms with Crippen molar-refractivity contribution in [2.75, 3.05) is 19.6 Å². The van der Waals surface area contributed by atoms with Gasteiger partial charge in [-0.05, 0) is 20.8 Å². The molecule has 100 valence electrons. The number of amides is 1. The van der Waals surface area contributed by atoms with Crippen LogP contribution in [0, 0.1) is 5.92 Å². The minimum atomic E-state index is -0.659. The van der Waals surface area contributed by atoms with E-state index in [4.69, 9.17) is 4.74 Å². The number of ether oxygens (including phenoxy) is 1. The van der Waals surface area contributed by atoms with Gasteiger partial charge in [-0.3, -0.25) is 0 Å². The zero-order valence-corrected chi connectivity index (χ0v) is 10.6. The van der Waals surface area contributed by atoms with E-state index < -0.39 is 23.9 Å². The van der Waals surface area contributed by atoms with E-state index in [2.05, 4.69) is 10.6 Å². The smallest absolute Gasteiger partial charge is 0.407 e. The first-order valence-electron chi connectivity index (χ1n) is 5.83. The van der Waals surface area contributed by atoms with Gasteiger partial charge >= 0.3 is 6.09 Å². The van der Waals surface area contributed by atoms with E-state index in [-0.39, 0.29) is 12.5 Å². The van der Waals surface area contributed by atoms with Crippen molar-refractivity contribution in [2.24, 2.45) is 5.92 Å². The van der Waals surface area contributed by atoms with Gasteiger partial charge in [0.1, 0.15) is 5.60 Å². The second-order valence-electron chi connectivity index (χ2n) is 5.34. The van der Waals surface area contributed by atoms with Crippen molar-refractivity contribution in [3.63, 3.8) is 0 Å². The maximum Gasteiger partial charge on any atom is 0.407 e. The molecule has 1 amide bonds. The van der Waals surface area contributed by atoms with Crippen LogP contribution < -0.4 is 10.6 Å². The third-order valence-corrected chi connectivity index (χ3v) is 2.58. The van der Waals surface area contributed by atoms with Crippen molar-refractivity contribution in [1.29, 1.82) is 0 Å². The average molecular weight is 246 g/mol. The van der Waals surface area contributed by atoms with Gasteiger partial charge in [0.2, 0.25) is 0 Å². The molecule has 0 aliphatic carbocycles. The molecule has 0 aromatic rings. The first-order chi connectivity index (χ1) is 7.79. The molecule has 4 N–H and O–H groups in total. The first kappa shape index (κ1) is 14.2. The maximum absolute atomic E-state index is 11.4. The third kappa shape index (κ3) is 4.89. The van der Waals surface area contributed by atoms with Gasteiger partial charge in [0, 0.05) is 25.6 Å². The van der Waals surface area contributed by atoms with Crippen molar-refractivity contribution >= 4 is 6.09 Å². The zero-order valence-electron chi connectivity index (χ0n) is 10.6. The molecular formula is C11H22N2O4. The number of carbonyl (C=O) groups excluding carboxylic acids is 1. The lowest BCUT2D eigenvalue weighted by Gasteiger charge is -2.33. The molecule has 17 heavy (non-hydrogen) atoms. The van der Waals surface area contributed by atoms with Crippen LogP contribution in [0.25, 0.3) is 0 Å². The highest BCUT2D eigenvalue weighted by Crippen LogP contribution is 2.13. The summed E-state index contributed by atoms with van der Waals surface area (Å²) in [6.45, 7) is 6.40. The summed E-state index contributed by atoms with van der Waals surface area (Å²) in [5.41, 5.74) is -0.546. The molecule has 1 rings (SSSR count). The van der Waals surface area contributed by atoms with E-state index >= 15 is 0 Å². The van der Waals surface area contributed by atoms with Crippen molar-refractivity contribution in [3.8, 4) is 0 Å². The van der Waals surface area contributed by atoms with E-state index in [0.717, 1.165) is 0 Å². The molecule has 0 saturated carbocycles. The molecule has 0 spiro atoms. The summed E-state index contributed by atoms with van der Waals surface area (Å²) in [5.74, 6) is -0.358. The van der Waals surface area contributed by atoms with E-state index in [1.54, 1.807) is 20.8 Å². The molecule has 1 heterocycles. The van der Waals surface area contributed by atoms with Gasteiger partial charge in [-0.15, -0.1) is 0 Å². The van der Waals surface area contributed by atoms with Gasteiger partial charge in [-0.1, -0.05) is 0 Å². The summed E-state index contributed by atoms with van der Waals surface area (Å²) < 4.78 is 5.07. The number of hydrogen-bond donors (Lipinski definition) is 4. The predicted octanol–water partition coefficient (Wildman–Crippen LogP) is -0.548. The number of nitrogens with one attached hydrogen (secondary N) is 2. The quantitative estimate of drug-likeness (QED) is 0.525. The molecule has 6 nitrogen and oxygen atoms in total. The molecule has 0 aromatic carbocycles. The van der Waals surface area contributed by atoms with Crippen molar-refractivity contribution in [3.05, 3.63) is 0 Å².